The molecule has 0 atom stereocenters. The standard InChI is InChI=1S/C15H23N7OS/c1-22-15(19-20-21-22)24-8-7-14(23)16-13-10-12(17-18-13)9-11-5-3-2-4-6-11/h10-11H,2-9H2,1H3,(H2,16,17,18,23). The Morgan fingerprint density at radius 2 is 2.25 bits per heavy atom. The zero-order valence-electron chi connectivity index (χ0n) is 13.9. The van der Waals surface area contributed by atoms with Crippen LogP contribution >= 0.6 is 11.8 Å². The average molecular weight is 349 g/mol. The summed E-state index contributed by atoms with van der Waals surface area (Å²) in [6.07, 6.45) is 8.05. The summed E-state index contributed by atoms with van der Waals surface area (Å²) in [5.41, 5.74) is 1.11. The predicted octanol–water partition coefficient (Wildman–Crippen LogP) is 2.18. The van der Waals surface area contributed by atoms with Crippen molar-refractivity contribution in [2.45, 2.75) is 50.1 Å². The summed E-state index contributed by atoms with van der Waals surface area (Å²) in [6.45, 7) is 0. The molecule has 8 nitrogen and oxygen atoms in total. The van der Waals surface area contributed by atoms with E-state index in [1.54, 1.807) is 11.7 Å². The maximum Gasteiger partial charge on any atom is 0.226 e. The molecule has 2 N–H and O–H groups in total. The molecule has 1 aliphatic rings. The first kappa shape index (κ1) is 16.9. The fourth-order valence-corrected chi connectivity index (χ4v) is 3.80. The van der Waals surface area contributed by atoms with Crippen LogP contribution in [0, 0.1) is 5.92 Å². The Balaban J connectivity index is 1.40. The fraction of sp³-hybridized carbons (Fsp3) is 0.667. The highest BCUT2D eigenvalue weighted by molar-refractivity contribution is 7.99. The van der Waals surface area contributed by atoms with Gasteiger partial charge >= 0.3 is 0 Å². The first-order chi connectivity index (χ1) is 11.7. The number of hydrogen-bond acceptors (Lipinski definition) is 6. The smallest absolute Gasteiger partial charge is 0.226 e. The first-order valence-electron chi connectivity index (χ1n) is 8.40. The molecule has 3 rings (SSSR count). The third-order valence-corrected chi connectivity index (χ3v) is 5.29. The number of aryl methyl sites for hydroxylation is 1. The van der Waals surface area contributed by atoms with Crippen LogP contribution in [0.2, 0.25) is 0 Å². The average Bonchev–Trinajstić information content (AvgIpc) is 3.18. The summed E-state index contributed by atoms with van der Waals surface area (Å²) in [5, 5.41) is 22.0. The summed E-state index contributed by atoms with van der Waals surface area (Å²) in [6, 6.07) is 1.95. The van der Waals surface area contributed by atoms with E-state index in [-0.39, 0.29) is 5.91 Å². The van der Waals surface area contributed by atoms with Crippen LogP contribution in [-0.4, -0.2) is 42.1 Å². The summed E-state index contributed by atoms with van der Waals surface area (Å²) < 4.78 is 1.59. The number of anilines is 1. The normalized spacial score (nSPS) is 15.5. The molecule has 0 radical (unpaired) electrons. The van der Waals surface area contributed by atoms with Crippen molar-refractivity contribution in [1.82, 2.24) is 30.4 Å². The second-order valence-corrected chi connectivity index (χ2v) is 7.28. The molecule has 0 unspecified atom stereocenters. The number of carbonyl (C=O) groups is 1. The van der Waals surface area contributed by atoms with Crippen LogP contribution in [0.15, 0.2) is 11.2 Å². The number of aromatic amines is 1. The lowest BCUT2D eigenvalue weighted by molar-refractivity contribution is -0.115. The minimum Gasteiger partial charge on any atom is -0.309 e. The van der Waals surface area contributed by atoms with Crippen LogP contribution in [0.25, 0.3) is 0 Å². The van der Waals surface area contributed by atoms with Crippen molar-refractivity contribution in [1.29, 1.82) is 0 Å². The van der Waals surface area contributed by atoms with Gasteiger partial charge in [-0.3, -0.25) is 9.89 Å². The summed E-state index contributed by atoms with van der Waals surface area (Å²) in [4.78, 5) is 12.0. The van der Waals surface area contributed by atoms with Gasteiger partial charge in [0.25, 0.3) is 0 Å². The van der Waals surface area contributed by atoms with Gasteiger partial charge in [0.05, 0.1) is 0 Å². The monoisotopic (exact) mass is 349 g/mol. The molecule has 0 aliphatic heterocycles. The van der Waals surface area contributed by atoms with Crippen LogP contribution in [0.1, 0.15) is 44.2 Å². The molecular formula is C15H23N7OS. The number of nitrogens with zero attached hydrogens (tertiary/aromatic N) is 5. The van der Waals surface area contributed by atoms with Gasteiger partial charge in [-0.15, -0.1) is 5.10 Å². The Bertz CT molecular complexity index is 662. The molecule has 2 aromatic rings. The van der Waals surface area contributed by atoms with E-state index in [1.165, 1.54) is 43.9 Å². The summed E-state index contributed by atoms with van der Waals surface area (Å²) >= 11 is 1.46. The minimum atomic E-state index is -0.0478. The van der Waals surface area contributed by atoms with Crippen molar-refractivity contribution in [2.24, 2.45) is 13.0 Å². The quantitative estimate of drug-likeness (QED) is 0.743. The van der Waals surface area contributed by atoms with Crippen molar-refractivity contribution < 1.29 is 4.79 Å². The van der Waals surface area contributed by atoms with Gasteiger partial charge in [-0.25, -0.2) is 4.68 Å². The van der Waals surface area contributed by atoms with Crippen LogP contribution < -0.4 is 5.32 Å². The van der Waals surface area contributed by atoms with E-state index in [2.05, 4.69) is 31.0 Å². The molecule has 1 saturated carbocycles. The van der Waals surface area contributed by atoms with E-state index in [0.717, 1.165) is 18.0 Å². The van der Waals surface area contributed by atoms with E-state index in [9.17, 15) is 4.79 Å². The molecule has 2 aromatic heterocycles. The topological polar surface area (TPSA) is 101 Å². The number of rotatable bonds is 7. The van der Waals surface area contributed by atoms with E-state index in [1.807, 2.05) is 6.07 Å². The number of H-pyrrole nitrogens is 1. The number of tetrazole rings is 1. The Hall–Kier alpha value is -1.90. The van der Waals surface area contributed by atoms with Crippen molar-refractivity contribution >= 4 is 23.5 Å². The number of hydrogen-bond donors (Lipinski definition) is 2. The zero-order valence-corrected chi connectivity index (χ0v) is 14.7. The molecule has 130 valence electrons. The van der Waals surface area contributed by atoms with Gasteiger partial charge < -0.3 is 5.32 Å². The molecule has 1 fully saturated rings. The molecule has 24 heavy (non-hydrogen) atoms. The van der Waals surface area contributed by atoms with E-state index >= 15 is 0 Å². The Labute approximate surface area is 145 Å². The molecule has 2 heterocycles. The largest absolute Gasteiger partial charge is 0.309 e. The second kappa shape index (κ2) is 8.27. The van der Waals surface area contributed by atoms with Crippen LogP contribution in [0.5, 0.6) is 0 Å². The molecule has 0 bridgehead atoms. The van der Waals surface area contributed by atoms with Gasteiger partial charge in [-0.1, -0.05) is 43.9 Å². The Morgan fingerprint density at radius 1 is 1.42 bits per heavy atom. The maximum absolute atomic E-state index is 12.0. The van der Waals surface area contributed by atoms with Crippen molar-refractivity contribution in [2.75, 3.05) is 11.1 Å². The second-order valence-electron chi connectivity index (χ2n) is 6.22. The van der Waals surface area contributed by atoms with E-state index in [0.29, 0.717) is 23.1 Å². The number of amides is 1. The maximum atomic E-state index is 12.0. The molecule has 1 aliphatic carbocycles. The van der Waals surface area contributed by atoms with Gasteiger partial charge in [-0.2, -0.15) is 5.10 Å². The third kappa shape index (κ3) is 4.80. The minimum absolute atomic E-state index is 0.0478. The summed E-state index contributed by atoms with van der Waals surface area (Å²) in [7, 11) is 1.78. The van der Waals surface area contributed by atoms with Crippen molar-refractivity contribution in [3.8, 4) is 0 Å². The van der Waals surface area contributed by atoms with Crippen LogP contribution in [-0.2, 0) is 18.3 Å². The first-order valence-corrected chi connectivity index (χ1v) is 9.38. The molecular weight excluding hydrogens is 326 g/mol. The summed E-state index contributed by atoms with van der Waals surface area (Å²) in [5.74, 6) is 1.93. The number of thioether (sulfide) groups is 1. The zero-order chi connectivity index (χ0) is 16.8. The van der Waals surface area contributed by atoms with Crippen molar-refractivity contribution in [3.05, 3.63) is 11.8 Å². The molecule has 0 spiro atoms. The van der Waals surface area contributed by atoms with Crippen LogP contribution in [0.3, 0.4) is 0 Å². The SMILES string of the molecule is Cn1nnnc1SCCC(=O)Nc1cc(CC2CCCCC2)[nH]n1. The van der Waals surface area contributed by atoms with Gasteiger partial charge in [0, 0.05) is 31.0 Å². The molecule has 0 saturated heterocycles. The lowest BCUT2D eigenvalue weighted by Gasteiger charge is -2.20. The molecule has 1 amide bonds. The highest BCUT2D eigenvalue weighted by Gasteiger charge is 2.15. The van der Waals surface area contributed by atoms with Gasteiger partial charge in [0.15, 0.2) is 5.82 Å². The van der Waals surface area contributed by atoms with E-state index < -0.39 is 0 Å². The van der Waals surface area contributed by atoms with Crippen LogP contribution in [0.4, 0.5) is 5.82 Å². The predicted molar refractivity (Wildman–Crippen MR) is 91.6 cm³/mol. The highest BCUT2D eigenvalue weighted by Crippen LogP contribution is 2.26. The lowest BCUT2D eigenvalue weighted by atomic mass is 9.86. The van der Waals surface area contributed by atoms with Gasteiger partial charge in [0.2, 0.25) is 11.1 Å². The van der Waals surface area contributed by atoms with Gasteiger partial charge in [-0.05, 0) is 22.8 Å². The number of carbonyl (C=O) groups excluding carboxylic acids is 1. The molecule has 9 heteroatoms. The fourth-order valence-electron chi connectivity index (χ4n) is 3.02. The Morgan fingerprint density at radius 3 is 3.00 bits per heavy atom. The number of aromatic nitrogens is 6. The Kier molecular flexibility index (Phi) is 5.84. The third-order valence-electron chi connectivity index (χ3n) is 4.27. The number of nitrogens with one attached hydrogen (secondary N) is 2. The highest BCUT2D eigenvalue weighted by atomic mass is 32.2. The molecule has 0 aromatic carbocycles. The van der Waals surface area contributed by atoms with Gasteiger partial charge in [0.1, 0.15) is 0 Å². The lowest BCUT2D eigenvalue weighted by Crippen LogP contribution is -2.12. The van der Waals surface area contributed by atoms with Crippen molar-refractivity contribution in [3.63, 3.8) is 0 Å². The van der Waals surface area contributed by atoms with E-state index in [4.69, 9.17) is 0 Å².